The summed E-state index contributed by atoms with van der Waals surface area (Å²) >= 11 is 0. The Morgan fingerprint density at radius 1 is 0.947 bits per heavy atom. The molecular formula is C16H13NO2. The molecule has 0 atom stereocenters. The highest BCUT2D eigenvalue weighted by Crippen LogP contribution is 2.19. The van der Waals surface area contributed by atoms with E-state index >= 15 is 0 Å². The van der Waals surface area contributed by atoms with Crippen LogP contribution in [-0.4, -0.2) is 4.57 Å². The van der Waals surface area contributed by atoms with Crippen LogP contribution in [0.4, 0.5) is 0 Å². The van der Waals surface area contributed by atoms with Crippen molar-refractivity contribution in [2.75, 3.05) is 0 Å². The Kier molecular flexibility index (Phi) is 2.80. The predicted octanol–water partition coefficient (Wildman–Crippen LogP) is 3.41. The minimum absolute atomic E-state index is 0.372. The van der Waals surface area contributed by atoms with Gasteiger partial charge in [0.2, 0.25) is 0 Å². The molecule has 19 heavy (non-hydrogen) atoms. The van der Waals surface area contributed by atoms with Crippen LogP contribution < -0.4 is 5.76 Å². The van der Waals surface area contributed by atoms with Gasteiger partial charge in [-0.1, -0.05) is 48.0 Å². The van der Waals surface area contributed by atoms with E-state index in [4.69, 9.17) is 4.42 Å². The zero-order valence-corrected chi connectivity index (χ0v) is 10.5. The molecule has 3 nitrogen and oxygen atoms in total. The molecule has 3 heteroatoms. The largest absolute Gasteiger partial charge is 0.424 e. The molecule has 0 saturated heterocycles. The van der Waals surface area contributed by atoms with Gasteiger partial charge in [0, 0.05) is 5.56 Å². The van der Waals surface area contributed by atoms with Crippen molar-refractivity contribution in [1.29, 1.82) is 0 Å². The number of hydrogen-bond acceptors (Lipinski definition) is 2. The van der Waals surface area contributed by atoms with Gasteiger partial charge in [-0.2, -0.15) is 0 Å². The van der Waals surface area contributed by atoms with Gasteiger partial charge in [-0.15, -0.1) is 0 Å². The second kappa shape index (κ2) is 4.61. The molecule has 0 saturated carbocycles. The highest BCUT2D eigenvalue weighted by molar-refractivity contribution is 5.56. The van der Waals surface area contributed by atoms with Crippen molar-refractivity contribution in [1.82, 2.24) is 4.57 Å². The Hall–Kier alpha value is -2.55. The van der Waals surface area contributed by atoms with E-state index in [0.29, 0.717) is 5.76 Å². The minimum Gasteiger partial charge on any atom is -0.407 e. The maximum absolute atomic E-state index is 11.9. The lowest BCUT2D eigenvalue weighted by atomic mass is 10.2. The van der Waals surface area contributed by atoms with E-state index in [2.05, 4.69) is 0 Å². The molecule has 94 valence electrons. The van der Waals surface area contributed by atoms with E-state index in [1.165, 1.54) is 4.57 Å². The van der Waals surface area contributed by atoms with Gasteiger partial charge in [0.25, 0.3) is 0 Å². The van der Waals surface area contributed by atoms with E-state index in [1.807, 2.05) is 61.5 Å². The number of aromatic nitrogens is 1. The van der Waals surface area contributed by atoms with Crippen molar-refractivity contribution >= 4 is 0 Å². The summed E-state index contributed by atoms with van der Waals surface area (Å²) in [5.41, 5.74) is 2.86. The van der Waals surface area contributed by atoms with Crippen LogP contribution in [0.2, 0.25) is 0 Å². The molecule has 0 fully saturated rings. The molecule has 0 spiro atoms. The van der Waals surface area contributed by atoms with E-state index < -0.39 is 0 Å². The third-order valence-corrected chi connectivity index (χ3v) is 3.01. The van der Waals surface area contributed by atoms with Gasteiger partial charge in [0.05, 0.1) is 11.9 Å². The van der Waals surface area contributed by atoms with Gasteiger partial charge < -0.3 is 4.42 Å². The zero-order valence-electron chi connectivity index (χ0n) is 10.5. The van der Waals surface area contributed by atoms with Gasteiger partial charge in [-0.05, 0) is 19.1 Å². The SMILES string of the molecule is Cc1ccc(-n2cc(-c3ccccc3)oc2=O)cc1. The molecular weight excluding hydrogens is 238 g/mol. The van der Waals surface area contributed by atoms with Crippen LogP contribution >= 0.6 is 0 Å². The molecule has 3 aromatic rings. The third kappa shape index (κ3) is 2.22. The first-order valence-electron chi connectivity index (χ1n) is 6.09. The fraction of sp³-hybridized carbons (Fsp3) is 0.0625. The topological polar surface area (TPSA) is 35.1 Å². The fourth-order valence-corrected chi connectivity index (χ4v) is 1.96. The zero-order chi connectivity index (χ0) is 13.2. The van der Waals surface area contributed by atoms with Gasteiger partial charge in [0.1, 0.15) is 0 Å². The van der Waals surface area contributed by atoms with Gasteiger partial charge in [0.15, 0.2) is 5.76 Å². The molecule has 0 radical (unpaired) electrons. The molecule has 0 aliphatic carbocycles. The van der Waals surface area contributed by atoms with Crippen LogP contribution in [0, 0.1) is 6.92 Å². The Labute approximate surface area is 110 Å². The smallest absolute Gasteiger partial charge is 0.407 e. The molecule has 0 aliphatic heterocycles. The van der Waals surface area contributed by atoms with Crippen LogP contribution in [0.5, 0.6) is 0 Å². The Balaban J connectivity index is 2.08. The quantitative estimate of drug-likeness (QED) is 0.699. The maximum Gasteiger partial charge on any atom is 0.424 e. The Morgan fingerprint density at radius 2 is 1.63 bits per heavy atom. The van der Waals surface area contributed by atoms with E-state index in [0.717, 1.165) is 16.8 Å². The average Bonchev–Trinajstić information content (AvgIpc) is 2.83. The Bertz CT molecular complexity index is 736. The fourth-order valence-electron chi connectivity index (χ4n) is 1.96. The lowest BCUT2D eigenvalue weighted by molar-refractivity contribution is 0.516. The number of hydrogen-bond donors (Lipinski definition) is 0. The van der Waals surface area contributed by atoms with Gasteiger partial charge in [-0.25, -0.2) is 9.36 Å². The minimum atomic E-state index is -0.372. The number of oxazole rings is 1. The van der Waals surface area contributed by atoms with Crippen molar-refractivity contribution in [2.45, 2.75) is 6.92 Å². The van der Waals surface area contributed by atoms with E-state index in [9.17, 15) is 4.79 Å². The highest BCUT2D eigenvalue weighted by atomic mass is 16.4. The van der Waals surface area contributed by atoms with Crippen molar-refractivity contribution < 1.29 is 4.42 Å². The van der Waals surface area contributed by atoms with Crippen LogP contribution in [-0.2, 0) is 0 Å². The second-order valence-corrected chi connectivity index (χ2v) is 4.43. The molecule has 0 amide bonds. The van der Waals surface area contributed by atoms with Gasteiger partial charge >= 0.3 is 5.76 Å². The van der Waals surface area contributed by atoms with Crippen molar-refractivity contribution in [3.05, 3.63) is 76.9 Å². The van der Waals surface area contributed by atoms with Crippen LogP contribution in [0.3, 0.4) is 0 Å². The predicted molar refractivity (Wildman–Crippen MR) is 74.5 cm³/mol. The lowest BCUT2D eigenvalue weighted by Crippen LogP contribution is -2.10. The average molecular weight is 251 g/mol. The molecule has 0 aliphatic rings. The summed E-state index contributed by atoms with van der Waals surface area (Å²) in [6, 6.07) is 17.3. The maximum atomic E-state index is 11.9. The van der Waals surface area contributed by atoms with Gasteiger partial charge in [-0.3, -0.25) is 0 Å². The molecule has 2 aromatic carbocycles. The summed E-state index contributed by atoms with van der Waals surface area (Å²) in [5.74, 6) is 0.203. The van der Waals surface area contributed by atoms with E-state index in [-0.39, 0.29) is 5.76 Å². The summed E-state index contributed by atoms with van der Waals surface area (Å²) in [6.45, 7) is 2.01. The molecule has 0 unspecified atom stereocenters. The third-order valence-electron chi connectivity index (χ3n) is 3.01. The summed E-state index contributed by atoms with van der Waals surface area (Å²) in [4.78, 5) is 11.9. The lowest BCUT2D eigenvalue weighted by Gasteiger charge is -1.99. The first-order valence-corrected chi connectivity index (χ1v) is 6.09. The van der Waals surface area contributed by atoms with E-state index in [1.54, 1.807) is 6.20 Å². The number of rotatable bonds is 2. The number of benzene rings is 2. The second-order valence-electron chi connectivity index (χ2n) is 4.43. The van der Waals surface area contributed by atoms with Crippen LogP contribution in [0.1, 0.15) is 5.56 Å². The number of aryl methyl sites for hydroxylation is 1. The van der Waals surface area contributed by atoms with Crippen molar-refractivity contribution in [3.8, 4) is 17.0 Å². The molecule has 3 rings (SSSR count). The highest BCUT2D eigenvalue weighted by Gasteiger charge is 2.08. The summed E-state index contributed by atoms with van der Waals surface area (Å²) in [7, 11) is 0. The van der Waals surface area contributed by atoms with Crippen LogP contribution in [0.25, 0.3) is 17.0 Å². The van der Waals surface area contributed by atoms with Crippen LogP contribution in [0.15, 0.2) is 70.0 Å². The molecule has 0 N–H and O–H groups in total. The molecule has 1 aromatic heterocycles. The molecule has 1 heterocycles. The van der Waals surface area contributed by atoms with Crippen molar-refractivity contribution in [3.63, 3.8) is 0 Å². The summed E-state index contributed by atoms with van der Waals surface area (Å²) in [5, 5.41) is 0. The standard InChI is InChI=1S/C16H13NO2/c1-12-7-9-14(10-8-12)17-11-15(19-16(17)18)13-5-3-2-4-6-13/h2-11H,1H3. The first-order chi connectivity index (χ1) is 9.24. The first kappa shape index (κ1) is 11.5. The Morgan fingerprint density at radius 3 is 2.32 bits per heavy atom. The monoisotopic (exact) mass is 251 g/mol. The van der Waals surface area contributed by atoms with Crippen molar-refractivity contribution in [2.24, 2.45) is 0 Å². The number of nitrogens with zero attached hydrogens (tertiary/aromatic N) is 1. The normalized spacial score (nSPS) is 10.6. The summed E-state index contributed by atoms with van der Waals surface area (Å²) in [6.07, 6.45) is 1.72. The molecule has 0 bridgehead atoms. The summed E-state index contributed by atoms with van der Waals surface area (Å²) < 4.78 is 6.81.